The summed E-state index contributed by atoms with van der Waals surface area (Å²) < 4.78 is 32.0. The molecule has 0 bridgehead atoms. The Balaban J connectivity index is 1.57. The molecule has 1 saturated heterocycles. The van der Waals surface area contributed by atoms with Crippen LogP contribution in [-0.2, 0) is 33.5 Å². The van der Waals surface area contributed by atoms with Crippen LogP contribution in [0.2, 0.25) is 0 Å². The molecule has 16 heteroatoms. The molecule has 2 aromatic rings. The number of carbonyl (C=O) groups excluding carboxylic acids is 4. The number of carbonyl (C=O) groups is 4. The molecule has 13 nitrogen and oxygen atoms in total. The van der Waals surface area contributed by atoms with Gasteiger partial charge in [-0.3, -0.25) is 19.3 Å². The van der Waals surface area contributed by atoms with Gasteiger partial charge in [0.15, 0.2) is 10.8 Å². The predicted octanol–water partition coefficient (Wildman–Crippen LogP) is 2.30. The highest BCUT2D eigenvalue weighted by Crippen LogP contribution is 2.41. The first-order valence-electron chi connectivity index (χ1n) is 13.5. The molecule has 4 rings (SSSR count). The van der Waals surface area contributed by atoms with Crippen molar-refractivity contribution in [3.8, 4) is 0 Å². The molecule has 4 heterocycles. The van der Waals surface area contributed by atoms with Crippen LogP contribution in [0.15, 0.2) is 33.4 Å². The van der Waals surface area contributed by atoms with Crippen molar-refractivity contribution >= 4 is 75.1 Å². The van der Waals surface area contributed by atoms with Gasteiger partial charge in [-0.25, -0.2) is 14.8 Å². The molecule has 2 aliphatic heterocycles. The van der Waals surface area contributed by atoms with E-state index in [1.165, 1.54) is 33.4 Å². The van der Waals surface area contributed by atoms with Crippen LogP contribution in [0.1, 0.15) is 41.1 Å². The Morgan fingerprint density at radius 2 is 2.07 bits per heavy atom. The highest BCUT2D eigenvalue weighted by molar-refractivity contribution is 8.00. The maximum atomic E-state index is 13.4. The third kappa shape index (κ3) is 6.60. The number of nitrogens with one attached hydrogen (secondary N) is 1. The summed E-state index contributed by atoms with van der Waals surface area (Å²) >= 11 is 3.67. The summed E-state index contributed by atoms with van der Waals surface area (Å²) in [6.07, 6.45) is 3.46. The number of oxime groups is 1. The van der Waals surface area contributed by atoms with E-state index in [1.807, 2.05) is 6.92 Å². The summed E-state index contributed by atoms with van der Waals surface area (Å²) in [5, 5.41) is 6.74. The number of aromatic nitrogens is 2. The molecule has 0 aliphatic carbocycles. The lowest BCUT2D eigenvalue weighted by Crippen LogP contribution is -2.71. The van der Waals surface area contributed by atoms with E-state index in [-0.39, 0.29) is 22.3 Å². The van der Waals surface area contributed by atoms with Gasteiger partial charge in [-0.05, 0) is 39.3 Å². The van der Waals surface area contributed by atoms with Crippen LogP contribution in [0.25, 0.3) is 6.08 Å². The van der Waals surface area contributed by atoms with Gasteiger partial charge in [-0.15, -0.1) is 34.4 Å². The first-order valence-corrected chi connectivity index (χ1v) is 14.8. The van der Waals surface area contributed by atoms with Gasteiger partial charge < -0.3 is 25.4 Å². The smallest absolute Gasteiger partial charge is 0.358 e. The van der Waals surface area contributed by atoms with Crippen LogP contribution in [0.4, 0.5) is 5.13 Å². The zero-order chi connectivity index (χ0) is 32.4. The number of thioether (sulfide) groups is 1. The summed E-state index contributed by atoms with van der Waals surface area (Å²) in [5.74, 6) is -2.80. The van der Waals surface area contributed by atoms with E-state index < -0.39 is 60.1 Å². The number of hydrogen-bond acceptors (Lipinski definition) is 14. The van der Waals surface area contributed by atoms with Crippen molar-refractivity contribution in [3.63, 3.8) is 0 Å². The number of β-lactam (4-membered cyclic amide) rings is 1. The molecule has 2 amide bonds. The van der Waals surface area contributed by atoms with Crippen molar-refractivity contribution in [1.82, 2.24) is 20.2 Å². The monoisotopic (exact) mass is 624 g/mol. The van der Waals surface area contributed by atoms with E-state index in [4.69, 9.17) is 19.3 Å². The number of fused-ring (bicyclic) bond motifs is 1. The van der Waals surface area contributed by atoms with Gasteiger partial charge in [-0.2, -0.15) is 0 Å². The number of thiazole rings is 2. The molecule has 41 heavy (non-hydrogen) atoms. The van der Waals surface area contributed by atoms with E-state index >= 15 is 0 Å². The highest BCUT2D eigenvalue weighted by atomic mass is 32.2. The number of allylic oxidation sites excluding steroid dienone is 1. The van der Waals surface area contributed by atoms with Crippen LogP contribution in [0, 0.1) is 12.3 Å². The van der Waals surface area contributed by atoms with Crippen LogP contribution < -0.4 is 11.1 Å². The molecular formula is C25H28N6O7S3. The molecule has 2 aromatic heterocycles. The molecule has 1 fully saturated rings. The first kappa shape index (κ1) is 26.2. The lowest BCUT2D eigenvalue weighted by atomic mass is 9.98. The summed E-state index contributed by atoms with van der Waals surface area (Å²) in [6.45, 7) is 6.12. The number of nitrogens with zero attached hydrogens (tertiary/aromatic N) is 4. The van der Waals surface area contributed by atoms with E-state index in [0.29, 0.717) is 5.57 Å². The number of nitrogen functional groups attached to an aromatic ring is 1. The third-order valence-corrected chi connectivity index (χ3v) is 8.68. The zero-order valence-electron chi connectivity index (χ0n) is 25.3. The average molecular weight is 625 g/mol. The highest BCUT2D eigenvalue weighted by Gasteiger charge is 2.54. The van der Waals surface area contributed by atoms with Gasteiger partial charge in [0.1, 0.15) is 29.8 Å². The van der Waals surface area contributed by atoms with Crippen molar-refractivity contribution in [2.45, 2.75) is 39.1 Å². The standard InChI is InChI=1S/C25H28N6O7S3/c1-12-15(41-10-27-12)7-6-13-8-39-21-17(29-19(32)16(30-36-5)14-9-40-24(26)28-14)20(33)31(21)18(13)22(34)37-11-38-23(35)25(2,3)4/h6-7,9-10,17,21H,8,11H2,1-5H3,(H2,26,28)(H,29,32)/b7-6-,30-16-/t17-,21-/m1/s1/i5+1D3. The van der Waals surface area contributed by atoms with Crippen molar-refractivity contribution in [2.24, 2.45) is 10.6 Å². The van der Waals surface area contributed by atoms with Gasteiger partial charge >= 0.3 is 11.9 Å². The number of ether oxygens (including phenoxy) is 2. The number of anilines is 1. The molecule has 0 radical (unpaired) electrons. The van der Waals surface area contributed by atoms with E-state index in [0.717, 1.165) is 21.9 Å². The Bertz CT molecular complexity index is 1560. The van der Waals surface area contributed by atoms with Crippen LogP contribution in [-0.4, -0.2) is 75.3 Å². The van der Waals surface area contributed by atoms with Crippen molar-refractivity contribution in [1.29, 1.82) is 0 Å². The number of esters is 2. The van der Waals surface area contributed by atoms with Crippen LogP contribution >= 0.6 is 34.4 Å². The lowest BCUT2D eigenvalue weighted by molar-refractivity contribution is -0.173. The maximum absolute atomic E-state index is 13.4. The first-order chi connectivity index (χ1) is 20.6. The fourth-order valence-electron chi connectivity index (χ4n) is 3.68. The molecule has 0 unspecified atom stereocenters. The second-order valence-electron chi connectivity index (χ2n) is 9.70. The Kier molecular flexibility index (Phi) is 7.91. The molecule has 0 aromatic carbocycles. The van der Waals surface area contributed by atoms with E-state index in [1.54, 1.807) is 38.4 Å². The second kappa shape index (κ2) is 12.4. The minimum atomic E-state index is -2.95. The summed E-state index contributed by atoms with van der Waals surface area (Å²) in [6, 6.07) is -1.11. The SMILES string of the molecule is [2H][13C]([2H])([2H])O/N=C(\C(=O)N[C@@H]1C(=O)N2C(C(=O)OCOC(=O)C(C)(C)C)=C(/C=C\c3scnc3C)CS[C@H]12)c1csc(N)n1. The molecule has 2 atom stereocenters. The van der Waals surface area contributed by atoms with Crippen molar-refractivity contribution < 1.29 is 37.6 Å². The van der Waals surface area contributed by atoms with Gasteiger partial charge in [0, 0.05) is 16.0 Å². The Morgan fingerprint density at radius 3 is 2.71 bits per heavy atom. The predicted molar refractivity (Wildman–Crippen MR) is 155 cm³/mol. The molecule has 0 saturated carbocycles. The molecule has 218 valence electrons. The number of rotatable bonds is 9. The molecule has 0 spiro atoms. The zero-order valence-corrected chi connectivity index (χ0v) is 24.8. The molecular weight excluding hydrogens is 594 g/mol. The molecule has 3 N–H and O–H groups in total. The molecule has 2 aliphatic rings. The number of aryl methyl sites for hydroxylation is 1. The summed E-state index contributed by atoms with van der Waals surface area (Å²) in [4.78, 5) is 66.7. The quantitative estimate of drug-likeness (QED) is 0.105. The Labute approximate surface area is 252 Å². The van der Waals surface area contributed by atoms with Gasteiger partial charge in [0.25, 0.3) is 11.8 Å². The van der Waals surface area contributed by atoms with Gasteiger partial charge in [0.2, 0.25) is 6.79 Å². The maximum Gasteiger partial charge on any atom is 0.358 e. The average Bonchev–Trinajstić information content (AvgIpc) is 3.55. The Hall–Kier alpha value is -3.76. The Morgan fingerprint density at radius 1 is 1.29 bits per heavy atom. The van der Waals surface area contributed by atoms with Crippen LogP contribution in [0.5, 0.6) is 0 Å². The van der Waals surface area contributed by atoms with Crippen LogP contribution in [0.3, 0.4) is 0 Å². The number of hydrogen-bond donors (Lipinski definition) is 2. The lowest BCUT2D eigenvalue weighted by Gasteiger charge is -2.49. The minimum Gasteiger partial charge on any atom is -0.427 e. The topological polar surface area (TPSA) is 175 Å². The normalized spacial score (nSPS) is 20.5. The van der Waals surface area contributed by atoms with Crippen molar-refractivity contribution in [2.75, 3.05) is 25.3 Å². The van der Waals surface area contributed by atoms with Gasteiger partial charge in [0.05, 0.1) is 20.7 Å². The number of nitrogens with two attached hydrogens (primary N) is 1. The minimum absolute atomic E-state index is 0.0473. The van der Waals surface area contributed by atoms with Gasteiger partial charge in [-0.1, -0.05) is 11.2 Å². The fourth-order valence-corrected chi connectivity index (χ4v) is 6.25. The summed E-state index contributed by atoms with van der Waals surface area (Å²) in [7, 11) is -2.95. The van der Waals surface area contributed by atoms with E-state index in [9.17, 15) is 19.2 Å². The second-order valence-corrected chi connectivity index (χ2v) is 12.6. The summed E-state index contributed by atoms with van der Waals surface area (Å²) in [5.41, 5.74) is 7.16. The largest absolute Gasteiger partial charge is 0.427 e. The van der Waals surface area contributed by atoms with Crippen molar-refractivity contribution in [3.05, 3.63) is 44.5 Å². The third-order valence-electron chi connectivity index (χ3n) is 5.81. The number of amides is 2. The fraction of sp³-hybridized carbons (Fsp3) is 0.400. The van der Waals surface area contributed by atoms with E-state index in [2.05, 4.69) is 25.3 Å².